The predicted molar refractivity (Wildman–Crippen MR) is 95.3 cm³/mol. The number of rotatable bonds is 10. The molecule has 1 unspecified atom stereocenters. The summed E-state index contributed by atoms with van der Waals surface area (Å²) in [6, 6.07) is 8.34. The molecule has 0 amide bonds. The molecule has 7 nitrogen and oxygen atoms in total. The van der Waals surface area contributed by atoms with Crippen molar-refractivity contribution in [1.82, 2.24) is 5.32 Å². The summed E-state index contributed by atoms with van der Waals surface area (Å²) in [4.78, 5) is 18.2. The minimum atomic E-state index is -1.82. The molecule has 0 spiro atoms. The van der Waals surface area contributed by atoms with Crippen molar-refractivity contribution in [3.8, 4) is 5.75 Å². The van der Waals surface area contributed by atoms with Gasteiger partial charge >= 0.3 is 11.9 Å². The van der Waals surface area contributed by atoms with Crippen molar-refractivity contribution in [3.63, 3.8) is 0 Å². The van der Waals surface area contributed by atoms with Gasteiger partial charge in [0.25, 0.3) is 0 Å². The first kappa shape index (κ1) is 22.9. The maximum Gasteiger partial charge on any atom is 0.414 e. The molecule has 0 aromatic heterocycles. The van der Waals surface area contributed by atoms with Gasteiger partial charge in [-0.05, 0) is 36.9 Å². The Morgan fingerprint density at radius 3 is 2.32 bits per heavy atom. The Bertz CT molecular complexity index is 494. The number of ether oxygens (including phenoxy) is 2. The normalized spacial score (nSPS) is 11.2. The quantitative estimate of drug-likeness (QED) is 0.437. The van der Waals surface area contributed by atoms with Crippen LogP contribution < -0.4 is 10.1 Å². The molecule has 0 saturated heterocycles. The standard InChI is InChI=1S/C16H27NO2.C2H2O4/c1-4-14(2)15-8-5-6-9-16(15)19-13-11-17-10-7-12-18-3;3-1(4)2(5)6/h5-6,8-9,14,17H,4,7,10-13H2,1-3H3;(H,3,4)(H,5,6). The summed E-state index contributed by atoms with van der Waals surface area (Å²) in [6.45, 7) is 7.82. The van der Waals surface area contributed by atoms with E-state index in [-0.39, 0.29) is 0 Å². The molecule has 0 aliphatic heterocycles. The number of benzene rings is 1. The Morgan fingerprint density at radius 1 is 1.12 bits per heavy atom. The Kier molecular flexibility index (Phi) is 13.0. The van der Waals surface area contributed by atoms with Gasteiger partial charge in [0.15, 0.2) is 0 Å². The fraction of sp³-hybridized carbons (Fsp3) is 0.556. The second-order valence-electron chi connectivity index (χ2n) is 5.40. The van der Waals surface area contributed by atoms with Crippen molar-refractivity contribution >= 4 is 11.9 Å². The molecule has 0 aliphatic rings. The van der Waals surface area contributed by atoms with E-state index in [9.17, 15) is 0 Å². The van der Waals surface area contributed by atoms with Crippen LogP contribution in [0.2, 0.25) is 0 Å². The van der Waals surface area contributed by atoms with Gasteiger partial charge in [-0.2, -0.15) is 0 Å². The second-order valence-corrected chi connectivity index (χ2v) is 5.40. The molecule has 3 N–H and O–H groups in total. The van der Waals surface area contributed by atoms with Crippen molar-refractivity contribution in [2.75, 3.05) is 33.4 Å². The smallest absolute Gasteiger partial charge is 0.414 e. The maximum atomic E-state index is 9.10. The minimum absolute atomic E-state index is 0.547. The van der Waals surface area contributed by atoms with E-state index in [1.54, 1.807) is 7.11 Å². The molecule has 7 heteroatoms. The second kappa shape index (κ2) is 14.2. The predicted octanol–water partition coefficient (Wildman–Crippen LogP) is 2.36. The summed E-state index contributed by atoms with van der Waals surface area (Å²) >= 11 is 0. The number of nitrogens with one attached hydrogen (secondary N) is 1. The van der Waals surface area contributed by atoms with E-state index < -0.39 is 11.9 Å². The molecule has 0 bridgehead atoms. The van der Waals surface area contributed by atoms with Crippen molar-refractivity contribution in [3.05, 3.63) is 29.8 Å². The maximum absolute atomic E-state index is 9.10. The summed E-state index contributed by atoms with van der Waals surface area (Å²) in [5.41, 5.74) is 1.31. The van der Waals surface area contributed by atoms with Crippen molar-refractivity contribution < 1.29 is 29.3 Å². The molecule has 1 aromatic rings. The van der Waals surface area contributed by atoms with Crippen LogP contribution in [-0.4, -0.2) is 55.6 Å². The van der Waals surface area contributed by atoms with Crippen LogP contribution >= 0.6 is 0 Å². The molecule has 1 aromatic carbocycles. The summed E-state index contributed by atoms with van der Waals surface area (Å²) in [6.07, 6.45) is 2.18. The van der Waals surface area contributed by atoms with Gasteiger partial charge in [0.2, 0.25) is 0 Å². The molecular formula is C18H29NO6. The third-order valence-corrected chi connectivity index (χ3v) is 3.48. The highest BCUT2D eigenvalue weighted by Gasteiger charge is 2.08. The Morgan fingerprint density at radius 2 is 1.76 bits per heavy atom. The van der Waals surface area contributed by atoms with Gasteiger partial charge in [-0.3, -0.25) is 0 Å². The van der Waals surface area contributed by atoms with E-state index >= 15 is 0 Å². The molecule has 25 heavy (non-hydrogen) atoms. The van der Waals surface area contributed by atoms with E-state index in [0.29, 0.717) is 12.5 Å². The average molecular weight is 355 g/mol. The molecule has 1 rings (SSSR count). The van der Waals surface area contributed by atoms with Crippen LogP contribution in [0.25, 0.3) is 0 Å². The summed E-state index contributed by atoms with van der Waals surface area (Å²) in [5, 5.41) is 18.1. The summed E-state index contributed by atoms with van der Waals surface area (Å²) < 4.78 is 10.9. The number of para-hydroxylation sites is 1. The SMILES string of the molecule is CCC(C)c1ccccc1OCCNCCCOC.O=C(O)C(=O)O. The Hall–Kier alpha value is -2.12. The zero-order chi connectivity index (χ0) is 19.1. The number of carboxylic acids is 2. The van der Waals surface area contributed by atoms with Gasteiger partial charge in [-0.1, -0.05) is 32.0 Å². The van der Waals surface area contributed by atoms with Gasteiger partial charge in [0.05, 0.1) is 0 Å². The summed E-state index contributed by atoms with van der Waals surface area (Å²) in [7, 11) is 1.73. The first-order chi connectivity index (χ1) is 11.9. The van der Waals surface area contributed by atoms with Crippen LogP contribution in [0.4, 0.5) is 0 Å². The summed E-state index contributed by atoms with van der Waals surface area (Å²) in [5.74, 6) is -2.08. The fourth-order valence-corrected chi connectivity index (χ4v) is 1.94. The number of aliphatic carboxylic acids is 2. The first-order valence-electron chi connectivity index (χ1n) is 8.31. The Labute approximate surface area is 149 Å². The van der Waals surface area contributed by atoms with Gasteiger partial charge in [0.1, 0.15) is 12.4 Å². The molecule has 0 aliphatic carbocycles. The lowest BCUT2D eigenvalue weighted by atomic mass is 9.98. The molecule has 142 valence electrons. The number of methoxy groups -OCH3 is 1. The lowest BCUT2D eigenvalue weighted by Crippen LogP contribution is -2.23. The minimum Gasteiger partial charge on any atom is -0.492 e. The van der Waals surface area contributed by atoms with E-state index in [0.717, 1.165) is 38.3 Å². The van der Waals surface area contributed by atoms with Crippen molar-refractivity contribution in [2.45, 2.75) is 32.6 Å². The molecular weight excluding hydrogens is 326 g/mol. The van der Waals surface area contributed by atoms with E-state index in [4.69, 9.17) is 29.3 Å². The van der Waals surface area contributed by atoms with Crippen LogP contribution in [-0.2, 0) is 14.3 Å². The topological polar surface area (TPSA) is 105 Å². The zero-order valence-electron chi connectivity index (χ0n) is 15.2. The van der Waals surface area contributed by atoms with E-state index in [1.165, 1.54) is 5.56 Å². The molecule has 0 radical (unpaired) electrons. The molecule has 0 saturated carbocycles. The number of hydrogen-bond donors (Lipinski definition) is 3. The monoisotopic (exact) mass is 355 g/mol. The van der Waals surface area contributed by atoms with Crippen LogP contribution in [0.1, 0.15) is 38.2 Å². The number of hydrogen-bond acceptors (Lipinski definition) is 5. The Balaban J connectivity index is 0.000000823. The van der Waals surface area contributed by atoms with Crippen molar-refractivity contribution in [2.24, 2.45) is 0 Å². The van der Waals surface area contributed by atoms with Crippen molar-refractivity contribution in [1.29, 1.82) is 0 Å². The van der Waals surface area contributed by atoms with Crippen LogP contribution in [0, 0.1) is 0 Å². The van der Waals surface area contributed by atoms with Gasteiger partial charge in [0, 0.05) is 20.3 Å². The van der Waals surface area contributed by atoms with Gasteiger partial charge in [-0.15, -0.1) is 0 Å². The van der Waals surface area contributed by atoms with Gasteiger partial charge in [-0.25, -0.2) is 9.59 Å². The lowest BCUT2D eigenvalue weighted by Gasteiger charge is -2.15. The highest BCUT2D eigenvalue weighted by atomic mass is 16.5. The zero-order valence-corrected chi connectivity index (χ0v) is 15.2. The highest BCUT2D eigenvalue weighted by Crippen LogP contribution is 2.28. The molecule has 0 heterocycles. The lowest BCUT2D eigenvalue weighted by molar-refractivity contribution is -0.159. The third-order valence-electron chi connectivity index (χ3n) is 3.48. The first-order valence-corrected chi connectivity index (χ1v) is 8.31. The highest BCUT2D eigenvalue weighted by molar-refractivity contribution is 6.27. The fourth-order valence-electron chi connectivity index (χ4n) is 1.94. The molecule has 0 fully saturated rings. The molecule has 1 atom stereocenters. The van der Waals surface area contributed by atoms with E-state index in [2.05, 4.69) is 37.4 Å². The largest absolute Gasteiger partial charge is 0.492 e. The average Bonchev–Trinajstić information content (AvgIpc) is 2.61. The third kappa shape index (κ3) is 11.1. The van der Waals surface area contributed by atoms with Crippen LogP contribution in [0.15, 0.2) is 24.3 Å². The number of carboxylic acid groups (broad SMARTS) is 2. The number of carbonyl (C=O) groups is 2. The van der Waals surface area contributed by atoms with E-state index in [1.807, 2.05) is 6.07 Å². The van der Waals surface area contributed by atoms with Gasteiger partial charge < -0.3 is 25.0 Å². The van der Waals surface area contributed by atoms with Crippen LogP contribution in [0.3, 0.4) is 0 Å². The van der Waals surface area contributed by atoms with Crippen LogP contribution in [0.5, 0.6) is 5.75 Å².